The van der Waals surface area contributed by atoms with Crippen LogP contribution in [0.5, 0.6) is 0 Å². The van der Waals surface area contributed by atoms with Crippen LogP contribution in [-0.2, 0) is 10.9 Å². The zero-order valence-corrected chi connectivity index (χ0v) is 12.0. The fourth-order valence-corrected chi connectivity index (χ4v) is 2.06. The molecule has 2 unspecified atom stereocenters. The predicted octanol–water partition coefficient (Wildman–Crippen LogP) is 3.59. The van der Waals surface area contributed by atoms with Crippen molar-refractivity contribution in [2.75, 3.05) is 6.61 Å². The Labute approximate surface area is 116 Å². The molecule has 0 aromatic carbocycles. The van der Waals surface area contributed by atoms with Gasteiger partial charge >= 0.3 is 6.18 Å². The van der Waals surface area contributed by atoms with E-state index in [9.17, 15) is 18.3 Å². The topological polar surface area (TPSA) is 42.4 Å². The molecule has 0 radical (unpaired) electrons. The molecule has 1 heterocycles. The van der Waals surface area contributed by atoms with Crippen molar-refractivity contribution in [1.29, 1.82) is 0 Å². The SMILES string of the molecule is CCOC(C(O)c1cnccc1C(F)(F)F)C(C)(C)C. The first kappa shape index (κ1) is 16.9. The summed E-state index contributed by atoms with van der Waals surface area (Å²) >= 11 is 0. The molecule has 0 spiro atoms. The number of hydrogen-bond acceptors (Lipinski definition) is 3. The summed E-state index contributed by atoms with van der Waals surface area (Å²) in [5.74, 6) is 0. The van der Waals surface area contributed by atoms with Gasteiger partial charge in [-0.25, -0.2) is 0 Å². The van der Waals surface area contributed by atoms with Gasteiger partial charge in [0, 0.05) is 24.6 Å². The number of alkyl halides is 3. The van der Waals surface area contributed by atoms with Gasteiger partial charge < -0.3 is 9.84 Å². The number of aliphatic hydroxyl groups excluding tert-OH is 1. The molecule has 0 aliphatic carbocycles. The largest absolute Gasteiger partial charge is 0.416 e. The molecule has 2 atom stereocenters. The minimum Gasteiger partial charge on any atom is -0.386 e. The molecule has 1 rings (SSSR count). The van der Waals surface area contributed by atoms with Crippen molar-refractivity contribution < 1.29 is 23.0 Å². The highest BCUT2D eigenvalue weighted by atomic mass is 19.4. The first-order chi connectivity index (χ1) is 9.09. The number of hydrogen-bond donors (Lipinski definition) is 1. The zero-order chi connectivity index (χ0) is 15.6. The summed E-state index contributed by atoms with van der Waals surface area (Å²) < 4.78 is 44.4. The molecule has 1 aromatic heterocycles. The molecule has 0 aliphatic rings. The highest BCUT2D eigenvalue weighted by Gasteiger charge is 2.40. The van der Waals surface area contributed by atoms with Gasteiger partial charge in [0.1, 0.15) is 6.10 Å². The molecule has 1 aromatic rings. The van der Waals surface area contributed by atoms with Crippen LogP contribution in [0.15, 0.2) is 18.5 Å². The van der Waals surface area contributed by atoms with Gasteiger partial charge in [0.05, 0.1) is 11.7 Å². The van der Waals surface area contributed by atoms with Crippen molar-refractivity contribution in [2.24, 2.45) is 5.41 Å². The average molecular weight is 291 g/mol. The van der Waals surface area contributed by atoms with E-state index in [4.69, 9.17) is 4.74 Å². The maximum atomic E-state index is 13.0. The van der Waals surface area contributed by atoms with Gasteiger partial charge in [-0.1, -0.05) is 20.8 Å². The molecule has 0 amide bonds. The lowest BCUT2D eigenvalue weighted by atomic mass is 9.82. The van der Waals surface area contributed by atoms with Crippen molar-refractivity contribution in [3.63, 3.8) is 0 Å². The minimum atomic E-state index is -4.53. The van der Waals surface area contributed by atoms with Crippen molar-refractivity contribution >= 4 is 0 Å². The van der Waals surface area contributed by atoms with Gasteiger partial charge in [0.15, 0.2) is 0 Å². The number of ether oxygens (including phenoxy) is 1. The van der Waals surface area contributed by atoms with E-state index in [-0.39, 0.29) is 5.56 Å². The first-order valence-corrected chi connectivity index (χ1v) is 6.39. The van der Waals surface area contributed by atoms with E-state index in [1.54, 1.807) is 27.7 Å². The Morgan fingerprint density at radius 1 is 1.30 bits per heavy atom. The Kier molecular flexibility index (Phi) is 5.15. The van der Waals surface area contributed by atoms with Crippen LogP contribution in [0.4, 0.5) is 13.2 Å². The monoisotopic (exact) mass is 291 g/mol. The normalized spacial score (nSPS) is 16.0. The summed E-state index contributed by atoms with van der Waals surface area (Å²) in [6, 6.07) is 0.865. The molecule has 0 saturated heterocycles. The minimum absolute atomic E-state index is 0.256. The summed E-state index contributed by atoms with van der Waals surface area (Å²) in [6.45, 7) is 7.46. The van der Waals surface area contributed by atoms with Crippen molar-refractivity contribution in [3.05, 3.63) is 29.6 Å². The highest BCUT2D eigenvalue weighted by Crippen LogP contribution is 2.39. The number of aromatic nitrogens is 1. The Morgan fingerprint density at radius 2 is 1.90 bits per heavy atom. The number of halogens is 3. The van der Waals surface area contributed by atoms with Gasteiger partial charge in [-0.2, -0.15) is 13.2 Å². The van der Waals surface area contributed by atoms with Crippen LogP contribution in [0.3, 0.4) is 0 Å². The van der Waals surface area contributed by atoms with E-state index in [1.807, 2.05) is 0 Å². The van der Waals surface area contributed by atoms with E-state index in [0.717, 1.165) is 18.5 Å². The van der Waals surface area contributed by atoms with Gasteiger partial charge in [-0.15, -0.1) is 0 Å². The number of pyridine rings is 1. The van der Waals surface area contributed by atoms with E-state index in [0.29, 0.717) is 6.61 Å². The molecule has 0 aliphatic heterocycles. The van der Waals surface area contributed by atoms with Crippen LogP contribution in [0.2, 0.25) is 0 Å². The van der Waals surface area contributed by atoms with Gasteiger partial charge in [-0.05, 0) is 18.4 Å². The first-order valence-electron chi connectivity index (χ1n) is 6.39. The van der Waals surface area contributed by atoms with Crippen LogP contribution in [-0.4, -0.2) is 22.8 Å². The van der Waals surface area contributed by atoms with Gasteiger partial charge in [-0.3, -0.25) is 4.98 Å². The van der Waals surface area contributed by atoms with E-state index >= 15 is 0 Å². The van der Waals surface area contributed by atoms with Crippen LogP contribution in [0, 0.1) is 5.41 Å². The predicted molar refractivity (Wildman–Crippen MR) is 69.1 cm³/mol. The Balaban J connectivity index is 3.22. The van der Waals surface area contributed by atoms with E-state index < -0.39 is 29.4 Å². The molecule has 6 heteroatoms. The Morgan fingerprint density at radius 3 is 2.35 bits per heavy atom. The van der Waals surface area contributed by atoms with Crippen molar-refractivity contribution in [1.82, 2.24) is 4.98 Å². The second kappa shape index (κ2) is 6.10. The summed E-state index contributed by atoms with van der Waals surface area (Å²) in [5.41, 5.74) is -1.64. The van der Waals surface area contributed by atoms with E-state index in [1.165, 1.54) is 0 Å². The summed E-state index contributed by atoms with van der Waals surface area (Å²) in [4.78, 5) is 3.69. The molecular weight excluding hydrogens is 271 g/mol. The third kappa shape index (κ3) is 3.93. The van der Waals surface area contributed by atoms with Crippen molar-refractivity contribution in [3.8, 4) is 0 Å². The molecule has 20 heavy (non-hydrogen) atoms. The fraction of sp³-hybridized carbons (Fsp3) is 0.643. The molecule has 1 N–H and O–H groups in total. The third-order valence-electron chi connectivity index (χ3n) is 2.96. The van der Waals surface area contributed by atoms with E-state index in [2.05, 4.69) is 4.98 Å². The van der Waals surface area contributed by atoms with Gasteiger partial charge in [0.25, 0.3) is 0 Å². The van der Waals surface area contributed by atoms with Crippen LogP contribution < -0.4 is 0 Å². The fourth-order valence-electron chi connectivity index (χ4n) is 2.06. The zero-order valence-electron chi connectivity index (χ0n) is 12.0. The molecule has 0 bridgehead atoms. The number of nitrogens with zero attached hydrogens (tertiary/aromatic N) is 1. The average Bonchev–Trinajstić information content (AvgIpc) is 2.32. The van der Waals surface area contributed by atoms with Crippen LogP contribution >= 0.6 is 0 Å². The molecule has 3 nitrogen and oxygen atoms in total. The summed E-state index contributed by atoms with van der Waals surface area (Å²) in [5, 5.41) is 10.3. The molecule has 0 fully saturated rings. The standard InChI is InChI=1S/C14H20F3NO2/c1-5-20-12(13(2,3)4)11(19)9-8-18-7-6-10(9)14(15,16)17/h6-8,11-12,19H,5H2,1-4H3. The van der Waals surface area contributed by atoms with Crippen molar-refractivity contribution in [2.45, 2.75) is 46.1 Å². The smallest absolute Gasteiger partial charge is 0.386 e. The number of rotatable bonds is 4. The molecular formula is C14H20F3NO2. The lowest BCUT2D eigenvalue weighted by Gasteiger charge is -2.35. The summed E-state index contributed by atoms with van der Waals surface area (Å²) in [6.07, 6.45) is -4.57. The summed E-state index contributed by atoms with van der Waals surface area (Å²) in [7, 11) is 0. The van der Waals surface area contributed by atoms with Crippen LogP contribution in [0.1, 0.15) is 44.9 Å². The Bertz CT molecular complexity index is 441. The molecule has 0 saturated carbocycles. The Hall–Kier alpha value is -1.14. The maximum Gasteiger partial charge on any atom is 0.416 e. The van der Waals surface area contributed by atoms with Gasteiger partial charge in [0.2, 0.25) is 0 Å². The maximum absolute atomic E-state index is 13.0. The second-order valence-electron chi connectivity index (χ2n) is 5.65. The lowest BCUT2D eigenvalue weighted by Crippen LogP contribution is -2.36. The molecule has 114 valence electrons. The number of aliphatic hydroxyl groups is 1. The quantitative estimate of drug-likeness (QED) is 0.922. The lowest BCUT2D eigenvalue weighted by molar-refractivity contribution is -0.142. The third-order valence-corrected chi connectivity index (χ3v) is 2.96. The highest BCUT2D eigenvalue weighted by molar-refractivity contribution is 5.29. The second-order valence-corrected chi connectivity index (χ2v) is 5.65. The van der Waals surface area contributed by atoms with Crippen LogP contribution in [0.25, 0.3) is 0 Å².